The van der Waals surface area contributed by atoms with Gasteiger partial charge < -0.3 is 5.32 Å². The number of pyridine rings is 1. The molecule has 0 unspecified atom stereocenters. The smallest absolute Gasteiger partial charge is 0.217 e. The molecule has 0 aliphatic rings. The van der Waals surface area contributed by atoms with E-state index in [1.807, 2.05) is 30.3 Å². The minimum absolute atomic E-state index is 0.646. The van der Waals surface area contributed by atoms with E-state index in [9.17, 15) is 0 Å². The molecule has 0 spiro atoms. The van der Waals surface area contributed by atoms with Gasteiger partial charge >= 0.3 is 0 Å². The van der Waals surface area contributed by atoms with Gasteiger partial charge in [0.25, 0.3) is 0 Å². The molecule has 9 nitrogen and oxygen atoms in total. The Labute approximate surface area is 175 Å². The number of aromatic nitrogens is 7. The summed E-state index contributed by atoms with van der Waals surface area (Å²) in [5.41, 5.74) is 4.00. The summed E-state index contributed by atoms with van der Waals surface area (Å²) in [6, 6.07) is 11.7. The van der Waals surface area contributed by atoms with Gasteiger partial charge in [-0.25, -0.2) is 4.68 Å². The highest BCUT2D eigenvalue weighted by molar-refractivity contribution is 7.99. The molecule has 5 rings (SSSR count). The Morgan fingerprint density at radius 1 is 1.13 bits per heavy atom. The predicted molar refractivity (Wildman–Crippen MR) is 116 cm³/mol. The predicted octanol–water partition coefficient (Wildman–Crippen LogP) is 3.70. The van der Waals surface area contributed by atoms with Crippen LogP contribution < -0.4 is 5.32 Å². The Kier molecular flexibility index (Phi) is 4.45. The molecule has 0 radical (unpaired) electrons. The molecule has 0 atom stereocenters. The zero-order chi connectivity index (χ0) is 20.5. The van der Waals surface area contributed by atoms with Crippen LogP contribution in [-0.2, 0) is 0 Å². The number of benzene rings is 1. The maximum atomic E-state index is 7.30. The Hall–Kier alpha value is -4.05. The number of fused-ring (bicyclic) bond motifs is 2. The van der Waals surface area contributed by atoms with E-state index in [-0.39, 0.29) is 0 Å². The van der Waals surface area contributed by atoms with Gasteiger partial charge in [0.05, 0.1) is 17.4 Å². The molecule has 30 heavy (non-hydrogen) atoms. The number of nitrogens with one attached hydrogen (secondary N) is 2. The molecule has 0 fully saturated rings. The maximum Gasteiger partial charge on any atom is 0.217 e. The van der Waals surface area contributed by atoms with E-state index in [1.165, 1.54) is 16.4 Å². The number of hydrogen-bond acceptors (Lipinski definition) is 8. The van der Waals surface area contributed by atoms with Crippen molar-refractivity contribution >= 4 is 40.3 Å². The topological polar surface area (TPSA) is 110 Å². The third-order valence-electron chi connectivity index (χ3n) is 4.44. The van der Waals surface area contributed by atoms with Crippen molar-refractivity contribution < 1.29 is 0 Å². The standard InChI is InChI=1S/C20H15N9S/c1-2-22-18-7-8-23-17-4-3-14(9-15(17)18)30-20-26-25-19-6-5-16(27-29(19)20)13-10-24-28(11-13)12-21/h2-12,21H,1H2,(H,22,23). The molecule has 146 valence electrons. The highest BCUT2D eigenvalue weighted by Crippen LogP contribution is 2.31. The van der Waals surface area contributed by atoms with Gasteiger partial charge in [-0.2, -0.15) is 14.7 Å². The van der Waals surface area contributed by atoms with Crippen molar-refractivity contribution in [2.45, 2.75) is 10.1 Å². The van der Waals surface area contributed by atoms with Crippen LogP contribution in [0.4, 0.5) is 5.69 Å². The van der Waals surface area contributed by atoms with Gasteiger partial charge in [-0.3, -0.25) is 10.4 Å². The highest BCUT2D eigenvalue weighted by Gasteiger charge is 2.12. The van der Waals surface area contributed by atoms with Crippen molar-refractivity contribution in [1.82, 2.24) is 34.6 Å². The van der Waals surface area contributed by atoms with Gasteiger partial charge in [0.1, 0.15) is 6.34 Å². The molecule has 0 amide bonds. The van der Waals surface area contributed by atoms with Gasteiger partial charge in [-0.05, 0) is 54.4 Å². The minimum atomic E-state index is 0.646. The van der Waals surface area contributed by atoms with Crippen molar-refractivity contribution in [3.05, 3.63) is 67.8 Å². The molecule has 0 aliphatic carbocycles. The largest absolute Gasteiger partial charge is 0.362 e. The lowest BCUT2D eigenvalue weighted by molar-refractivity contribution is 0.813. The summed E-state index contributed by atoms with van der Waals surface area (Å²) < 4.78 is 3.12. The van der Waals surface area contributed by atoms with Crippen molar-refractivity contribution in [3.63, 3.8) is 0 Å². The number of hydrogen-bond donors (Lipinski definition) is 2. The Morgan fingerprint density at radius 2 is 2.07 bits per heavy atom. The molecule has 2 N–H and O–H groups in total. The second kappa shape index (κ2) is 7.41. The molecule has 4 aromatic heterocycles. The molecule has 5 aromatic rings. The van der Waals surface area contributed by atoms with Crippen LogP contribution in [0.1, 0.15) is 0 Å². The van der Waals surface area contributed by atoms with Crippen LogP contribution in [0.25, 0.3) is 27.8 Å². The van der Waals surface area contributed by atoms with E-state index < -0.39 is 0 Å². The van der Waals surface area contributed by atoms with Crippen molar-refractivity contribution in [2.75, 3.05) is 5.32 Å². The summed E-state index contributed by atoms with van der Waals surface area (Å²) in [6.07, 6.45) is 7.95. The minimum Gasteiger partial charge on any atom is -0.362 e. The third-order valence-corrected chi connectivity index (χ3v) is 5.37. The van der Waals surface area contributed by atoms with Gasteiger partial charge in [0, 0.05) is 33.9 Å². The number of rotatable bonds is 6. The lowest BCUT2D eigenvalue weighted by Gasteiger charge is -2.07. The van der Waals surface area contributed by atoms with Gasteiger partial charge in [-0.15, -0.1) is 10.2 Å². The SMILES string of the molecule is C=CNc1ccnc2ccc(Sc3nnc4ccc(-c5cnn(C=N)c5)nn34)cc12. The Bertz CT molecular complexity index is 1400. The lowest BCUT2D eigenvalue weighted by Crippen LogP contribution is -1.96. The maximum absolute atomic E-state index is 7.30. The zero-order valence-corrected chi connectivity index (χ0v) is 16.4. The zero-order valence-electron chi connectivity index (χ0n) is 15.6. The summed E-state index contributed by atoms with van der Waals surface area (Å²) in [4.78, 5) is 5.40. The van der Waals surface area contributed by atoms with Crippen molar-refractivity contribution in [3.8, 4) is 11.3 Å². The second-order valence-electron chi connectivity index (χ2n) is 6.30. The van der Waals surface area contributed by atoms with E-state index in [0.29, 0.717) is 10.8 Å². The Balaban J connectivity index is 1.53. The quantitative estimate of drug-likeness (QED) is 0.323. The fourth-order valence-corrected chi connectivity index (χ4v) is 3.88. The number of nitrogens with zero attached hydrogens (tertiary/aromatic N) is 7. The van der Waals surface area contributed by atoms with Crippen molar-refractivity contribution in [2.24, 2.45) is 0 Å². The van der Waals surface area contributed by atoms with Gasteiger partial charge in [-0.1, -0.05) is 6.58 Å². The van der Waals surface area contributed by atoms with Crippen LogP contribution in [0.3, 0.4) is 0 Å². The second-order valence-corrected chi connectivity index (χ2v) is 7.34. The first kappa shape index (κ1) is 18.0. The molecule has 0 bridgehead atoms. The average Bonchev–Trinajstić information content (AvgIpc) is 3.41. The highest BCUT2D eigenvalue weighted by atomic mass is 32.2. The first-order valence-electron chi connectivity index (χ1n) is 8.97. The molecule has 0 aliphatic heterocycles. The number of anilines is 1. The molecular weight excluding hydrogens is 398 g/mol. The van der Waals surface area contributed by atoms with Crippen molar-refractivity contribution in [1.29, 1.82) is 5.41 Å². The summed E-state index contributed by atoms with van der Waals surface area (Å²) in [5, 5.41) is 29.3. The van der Waals surface area contributed by atoms with Crippen LogP contribution in [0.2, 0.25) is 0 Å². The first-order chi connectivity index (χ1) is 14.7. The first-order valence-corrected chi connectivity index (χ1v) is 9.78. The lowest BCUT2D eigenvalue weighted by atomic mass is 10.2. The van der Waals surface area contributed by atoms with Crippen LogP contribution in [0.15, 0.2) is 77.8 Å². The van der Waals surface area contributed by atoms with E-state index in [0.717, 1.165) is 39.1 Å². The van der Waals surface area contributed by atoms with Crippen LogP contribution in [0.5, 0.6) is 0 Å². The third kappa shape index (κ3) is 3.18. The summed E-state index contributed by atoms with van der Waals surface area (Å²) in [7, 11) is 0. The van der Waals surface area contributed by atoms with E-state index in [4.69, 9.17) is 5.41 Å². The molecular formula is C20H15N9S. The van der Waals surface area contributed by atoms with E-state index in [1.54, 1.807) is 29.3 Å². The fourth-order valence-electron chi connectivity index (χ4n) is 3.06. The average molecular weight is 413 g/mol. The van der Waals surface area contributed by atoms with E-state index in [2.05, 4.69) is 43.3 Å². The monoisotopic (exact) mass is 413 g/mol. The molecule has 4 heterocycles. The molecule has 0 saturated heterocycles. The molecule has 10 heteroatoms. The summed E-state index contributed by atoms with van der Waals surface area (Å²) in [5.74, 6) is 0. The fraction of sp³-hybridized carbons (Fsp3) is 0. The van der Waals surface area contributed by atoms with E-state index >= 15 is 0 Å². The molecule has 1 aromatic carbocycles. The van der Waals surface area contributed by atoms with Gasteiger partial charge in [0.2, 0.25) is 5.16 Å². The van der Waals surface area contributed by atoms with Crippen LogP contribution in [-0.4, -0.2) is 40.9 Å². The summed E-state index contributed by atoms with van der Waals surface area (Å²) >= 11 is 1.47. The summed E-state index contributed by atoms with van der Waals surface area (Å²) in [6.45, 7) is 3.74. The molecule has 0 saturated carbocycles. The van der Waals surface area contributed by atoms with Crippen LogP contribution >= 0.6 is 11.8 Å². The van der Waals surface area contributed by atoms with Crippen LogP contribution in [0, 0.1) is 5.41 Å². The van der Waals surface area contributed by atoms with Gasteiger partial charge in [0.15, 0.2) is 5.65 Å². The normalized spacial score (nSPS) is 11.1. The Morgan fingerprint density at radius 3 is 2.90 bits per heavy atom.